The Morgan fingerprint density at radius 1 is 1.33 bits per heavy atom. The minimum Gasteiger partial charge on any atom is -0.321 e. The van der Waals surface area contributed by atoms with Gasteiger partial charge in [0.2, 0.25) is 9.84 Å². The fourth-order valence-electron chi connectivity index (χ4n) is 1.68. The summed E-state index contributed by atoms with van der Waals surface area (Å²) >= 11 is 0. The van der Waals surface area contributed by atoms with Crippen LogP contribution in [0, 0.1) is 6.92 Å². The van der Waals surface area contributed by atoms with Gasteiger partial charge in [-0.1, -0.05) is 12.1 Å². The topological polar surface area (TPSA) is 91.9 Å². The predicted molar refractivity (Wildman–Crippen MR) is 70.9 cm³/mol. The zero-order valence-electron chi connectivity index (χ0n) is 10.8. The fourth-order valence-corrected chi connectivity index (χ4v) is 2.57. The first kappa shape index (κ1) is 15.1. The molecule has 2 N–H and O–H groups in total. The number of alkyl halides is 2. The Morgan fingerprint density at radius 2 is 2.00 bits per heavy atom. The summed E-state index contributed by atoms with van der Waals surface area (Å²) in [4.78, 5) is 11.4. The van der Waals surface area contributed by atoms with Crippen LogP contribution in [0.1, 0.15) is 16.1 Å². The van der Waals surface area contributed by atoms with E-state index in [9.17, 15) is 22.0 Å². The molecule has 0 fully saturated rings. The number of amides is 1. The van der Waals surface area contributed by atoms with Gasteiger partial charge >= 0.3 is 5.76 Å². The molecule has 0 aliphatic heterocycles. The summed E-state index contributed by atoms with van der Waals surface area (Å²) in [5.41, 5.74) is 0.462. The molecule has 1 amide bonds. The maximum absolute atomic E-state index is 12.6. The molecular formula is C12H11F2N3O3S. The number of aryl methyl sites for hydroxylation is 1. The van der Waals surface area contributed by atoms with Crippen LogP contribution in [-0.2, 0) is 9.84 Å². The second kappa shape index (κ2) is 5.60. The highest BCUT2D eigenvalue weighted by atomic mass is 32.2. The number of halogens is 2. The third-order valence-electron chi connectivity index (χ3n) is 2.75. The Balaban J connectivity index is 2.39. The largest absolute Gasteiger partial charge is 0.341 e. The summed E-state index contributed by atoms with van der Waals surface area (Å²) in [7, 11) is -4.80. The number of aromatic amines is 1. The summed E-state index contributed by atoms with van der Waals surface area (Å²) in [6.07, 6.45) is 1.26. The molecule has 1 aromatic heterocycles. The first-order valence-corrected chi connectivity index (χ1v) is 7.31. The van der Waals surface area contributed by atoms with Crippen LogP contribution in [0.4, 0.5) is 14.5 Å². The standard InChI is InChI=1S/C12H11F2N3O3S/c1-7-8(6-15-17-7)11(18)16-9-4-2-3-5-10(9)21(19,20)12(13)14/h2-6,12H,1H3,(H,15,17)(H,16,18). The average Bonchev–Trinajstić information content (AvgIpc) is 2.85. The van der Waals surface area contributed by atoms with Crippen LogP contribution < -0.4 is 5.32 Å². The molecule has 0 aliphatic rings. The fraction of sp³-hybridized carbons (Fsp3) is 0.167. The van der Waals surface area contributed by atoms with Crippen molar-refractivity contribution < 1.29 is 22.0 Å². The van der Waals surface area contributed by atoms with E-state index in [-0.39, 0.29) is 11.3 Å². The quantitative estimate of drug-likeness (QED) is 0.902. The van der Waals surface area contributed by atoms with Crippen LogP contribution >= 0.6 is 0 Å². The number of carbonyl (C=O) groups excluding carboxylic acids is 1. The predicted octanol–water partition coefficient (Wildman–Crippen LogP) is 1.97. The van der Waals surface area contributed by atoms with Crippen LogP contribution in [0.3, 0.4) is 0 Å². The van der Waals surface area contributed by atoms with E-state index in [1.54, 1.807) is 6.92 Å². The number of benzene rings is 1. The van der Waals surface area contributed by atoms with Gasteiger partial charge in [0.05, 0.1) is 22.3 Å². The SMILES string of the molecule is Cc1[nH]ncc1C(=O)Nc1ccccc1S(=O)(=O)C(F)F. The molecule has 2 rings (SSSR count). The molecule has 0 aliphatic carbocycles. The minimum absolute atomic E-state index is 0.194. The van der Waals surface area contributed by atoms with Gasteiger partial charge in [-0.3, -0.25) is 9.89 Å². The van der Waals surface area contributed by atoms with Gasteiger partial charge in [0.1, 0.15) is 0 Å². The van der Waals surface area contributed by atoms with Crippen molar-refractivity contribution in [2.45, 2.75) is 17.6 Å². The van der Waals surface area contributed by atoms with E-state index in [0.717, 1.165) is 6.07 Å². The lowest BCUT2D eigenvalue weighted by atomic mass is 10.2. The Kier molecular flexibility index (Phi) is 4.03. The van der Waals surface area contributed by atoms with Crippen LogP contribution in [-0.4, -0.2) is 30.3 Å². The van der Waals surface area contributed by atoms with Crippen molar-refractivity contribution in [3.63, 3.8) is 0 Å². The monoisotopic (exact) mass is 315 g/mol. The van der Waals surface area contributed by atoms with E-state index in [4.69, 9.17) is 0 Å². The number of hydrogen-bond acceptors (Lipinski definition) is 4. The first-order valence-electron chi connectivity index (χ1n) is 5.76. The Labute approximate surface area is 119 Å². The van der Waals surface area contributed by atoms with Crippen LogP contribution in [0.25, 0.3) is 0 Å². The number of hydrogen-bond donors (Lipinski definition) is 2. The maximum atomic E-state index is 12.6. The lowest BCUT2D eigenvalue weighted by molar-refractivity contribution is 0.102. The van der Waals surface area contributed by atoms with Crippen molar-refractivity contribution in [2.24, 2.45) is 0 Å². The van der Waals surface area contributed by atoms with Crippen molar-refractivity contribution in [3.8, 4) is 0 Å². The minimum atomic E-state index is -4.80. The highest BCUT2D eigenvalue weighted by molar-refractivity contribution is 7.91. The zero-order chi connectivity index (χ0) is 15.6. The molecule has 0 radical (unpaired) electrons. The normalized spacial score (nSPS) is 11.6. The number of para-hydroxylation sites is 1. The molecule has 0 atom stereocenters. The number of carbonyl (C=O) groups is 1. The van der Waals surface area contributed by atoms with Gasteiger partial charge in [-0.05, 0) is 19.1 Å². The van der Waals surface area contributed by atoms with Gasteiger partial charge in [0.25, 0.3) is 5.91 Å². The molecule has 21 heavy (non-hydrogen) atoms. The van der Waals surface area contributed by atoms with E-state index < -0.39 is 26.4 Å². The van der Waals surface area contributed by atoms with Gasteiger partial charge in [0, 0.05) is 5.69 Å². The summed E-state index contributed by atoms with van der Waals surface area (Å²) < 4.78 is 48.4. The van der Waals surface area contributed by atoms with E-state index in [1.807, 2.05) is 0 Å². The molecule has 0 saturated heterocycles. The molecule has 1 heterocycles. The number of aromatic nitrogens is 2. The molecule has 0 bridgehead atoms. The molecular weight excluding hydrogens is 304 g/mol. The zero-order valence-corrected chi connectivity index (χ0v) is 11.6. The van der Waals surface area contributed by atoms with Crippen LogP contribution in [0.15, 0.2) is 35.4 Å². The number of nitrogens with zero attached hydrogens (tertiary/aromatic N) is 1. The van der Waals surface area contributed by atoms with Crippen molar-refractivity contribution in [1.29, 1.82) is 0 Å². The number of H-pyrrole nitrogens is 1. The molecule has 9 heteroatoms. The molecule has 6 nitrogen and oxygen atoms in total. The molecule has 0 saturated carbocycles. The lowest BCUT2D eigenvalue weighted by Crippen LogP contribution is -2.18. The third kappa shape index (κ3) is 2.92. The number of nitrogens with one attached hydrogen (secondary N) is 2. The van der Waals surface area contributed by atoms with Crippen LogP contribution in [0.2, 0.25) is 0 Å². The average molecular weight is 315 g/mol. The molecule has 112 valence electrons. The smallest absolute Gasteiger partial charge is 0.321 e. The molecule has 2 aromatic rings. The van der Waals surface area contributed by atoms with Crippen molar-refractivity contribution in [1.82, 2.24) is 10.2 Å². The number of sulfone groups is 1. The second-order valence-electron chi connectivity index (χ2n) is 4.16. The molecule has 0 unspecified atom stereocenters. The van der Waals surface area contributed by atoms with E-state index in [0.29, 0.717) is 5.69 Å². The number of anilines is 1. The van der Waals surface area contributed by atoms with Crippen LogP contribution in [0.5, 0.6) is 0 Å². The van der Waals surface area contributed by atoms with Gasteiger partial charge in [-0.2, -0.15) is 13.9 Å². The Bertz CT molecular complexity index is 772. The number of rotatable bonds is 4. The second-order valence-corrected chi connectivity index (χ2v) is 6.05. The van der Waals surface area contributed by atoms with Gasteiger partial charge in [-0.25, -0.2) is 8.42 Å². The van der Waals surface area contributed by atoms with Crippen molar-refractivity contribution in [3.05, 3.63) is 41.7 Å². The van der Waals surface area contributed by atoms with Gasteiger partial charge < -0.3 is 5.32 Å². The highest BCUT2D eigenvalue weighted by Crippen LogP contribution is 2.26. The van der Waals surface area contributed by atoms with E-state index in [1.165, 1.54) is 24.4 Å². The van der Waals surface area contributed by atoms with Gasteiger partial charge in [0.15, 0.2) is 0 Å². The summed E-state index contributed by atoms with van der Waals surface area (Å²) in [5, 5.41) is 8.51. The summed E-state index contributed by atoms with van der Waals surface area (Å²) in [6.45, 7) is 1.60. The maximum Gasteiger partial charge on any atom is 0.341 e. The first-order chi connectivity index (χ1) is 9.84. The lowest BCUT2D eigenvalue weighted by Gasteiger charge is -2.10. The summed E-state index contributed by atoms with van der Waals surface area (Å²) in [6, 6.07) is 4.98. The molecule has 0 spiro atoms. The molecule has 1 aromatic carbocycles. The Morgan fingerprint density at radius 3 is 2.57 bits per heavy atom. The Hall–Kier alpha value is -2.29. The van der Waals surface area contributed by atoms with Gasteiger partial charge in [-0.15, -0.1) is 0 Å². The summed E-state index contributed by atoms with van der Waals surface area (Å²) in [5.74, 6) is -4.20. The van der Waals surface area contributed by atoms with E-state index >= 15 is 0 Å². The van der Waals surface area contributed by atoms with E-state index in [2.05, 4.69) is 15.5 Å². The third-order valence-corrected chi connectivity index (χ3v) is 4.19. The van der Waals surface area contributed by atoms with Crippen molar-refractivity contribution in [2.75, 3.05) is 5.32 Å². The highest BCUT2D eigenvalue weighted by Gasteiger charge is 2.29. The van der Waals surface area contributed by atoms with Crippen molar-refractivity contribution >= 4 is 21.4 Å².